The van der Waals surface area contributed by atoms with Crippen molar-refractivity contribution in [2.24, 2.45) is 0 Å². The molecule has 2 atom stereocenters. The quantitative estimate of drug-likeness (QED) is 0.427. The van der Waals surface area contributed by atoms with Gasteiger partial charge in [-0.1, -0.05) is 0 Å². The topological polar surface area (TPSA) is 102 Å². The summed E-state index contributed by atoms with van der Waals surface area (Å²) in [6.45, 7) is 2.10. The number of benzene rings is 2. The Morgan fingerprint density at radius 1 is 1.19 bits per heavy atom. The van der Waals surface area contributed by atoms with E-state index in [0.717, 1.165) is 0 Å². The molecule has 0 spiro atoms. The number of fused-ring (bicyclic) bond motifs is 1. The fraction of sp³-hybridized carbons (Fsp3) is 0.227. The summed E-state index contributed by atoms with van der Waals surface area (Å²) in [6, 6.07) is 12.1. The van der Waals surface area contributed by atoms with Gasteiger partial charge in [-0.3, -0.25) is 9.63 Å². The lowest BCUT2D eigenvalue weighted by Gasteiger charge is -2.30. The lowest BCUT2D eigenvalue weighted by molar-refractivity contribution is -0.137. The van der Waals surface area contributed by atoms with Gasteiger partial charge in [0.2, 0.25) is 0 Å². The van der Waals surface area contributed by atoms with Gasteiger partial charge in [-0.2, -0.15) is 4.21 Å². The summed E-state index contributed by atoms with van der Waals surface area (Å²) < 4.78 is 49.9. The summed E-state index contributed by atoms with van der Waals surface area (Å²) in [6.07, 6.45) is 1.83. The largest absolute Gasteiger partial charge is 0.469 e. The second kappa shape index (κ2) is 9.11. The zero-order valence-electron chi connectivity index (χ0n) is 17.2. The van der Waals surface area contributed by atoms with Crippen LogP contribution in [0.1, 0.15) is 24.3 Å². The van der Waals surface area contributed by atoms with Crippen LogP contribution < -0.4 is 10.2 Å². The maximum absolute atomic E-state index is 13.5. The van der Waals surface area contributed by atoms with E-state index in [2.05, 4.69) is 5.48 Å². The molecule has 1 aromatic heterocycles. The fourth-order valence-corrected chi connectivity index (χ4v) is 5.09. The summed E-state index contributed by atoms with van der Waals surface area (Å²) in [5, 5.41) is 0. The minimum absolute atomic E-state index is 0.116. The van der Waals surface area contributed by atoms with Crippen molar-refractivity contribution in [2.75, 3.05) is 13.2 Å². The van der Waals surface area contributed by atoms with Crippen molar-refractivity contribution in [3.05, 3.63) is 78.0 Å². The molecule has 1 aliphatic rings. The Kier molecular flexibility index (Phi) is 6.26. The number of carbonyl (C=O) groups is 1. The van der Waals surface area contributed by atoms with E-state index in [1.807, 2.05) is 0 Å². The highest BCUT2D eigenvalue weighted by Gasteiger charge is 2.45. The van der Waals surface area contributed by atoms with Gasteiger partial charge >= 0.3 is 10.0 Å². The Balaban J connectivity index is 1.59. The lowest BCUT2D eigenvalue weighted by Crippen LogP contribution is -2.46. The van der Waals surface area contributed by atoms with E-state index in [4.69, 9.17) is 14.0 Å². The van der Waals surface area contributed by atoms with Crippen LogP contribution in [0, 0.1) is 5.82 Å². The predicted octanol–water partition coefficient (Wildman–Crippen LogP) is 3.72. The highest BCUT2D eigenvalue weighted by atomic mass is 32.2. The van der Waals surface area contributed by atoms with E-state index in [-0.39, 0.29) is 23.9 Å². The van der Waals surface area contributed by atoms with Crippen molar-refractivity contribution in [3.63, 3.8) is 0 Å². The molecular weight excluding hydrogens is 439 g/mol. The summed E-state index contributed by atoms with van der Waals surface area (Å²) in [5.41, 5.74) is 2.84. The third-order valence-electron chi connectivity index (χ3n) is 4.99. The number of hydrogen-bond acceptors (Lipinski definition) is 5. The molecule has 2 heterocycles. The maximum atomic E-state index is 13.5. The zero-order chi connectivity index (χ0) is 22.7. The zero-order valence-corrected chi connectivity index (χ0v) is 18.0. The predicted molar refractivity (Wildman–Crippen MR) is 113 cm³/mol. The molecule has 0 saturated heterocycles. The second-order valence-electron chi connectivity index (χ2n) is 7.02. The minimum Gasteiger partial charge on any atom is -0.469 e. The summed E-state index contributed by atoms with van der Waals surface area (Å²) in [7, 11) is -3.78. The van der Waals surface area contributed by atoms with Crippen molar-refractivity contribution < 1.29 is 31.6 Å². The number of carbonyl (C=O) groups excluding carboxylic acids is 1. The number of hydrogen-bond donors (Lipinski definition) is 1. The molecule has 0 saturated carbocycles. The number of ether oxygens (including phenoxy) is 1. The number of furan rings is 1. The molecule has 168 valence electrons. The average Bonchev–Trinajstić information content (AvgIpc) is 3.27. The van der Waals surface area contributed by atoms with Gasteiger partial charge in [0.15, 0.2) is 0 Å². The van der Waals surface area contributed by atoms with Crippen molar-refractivity contribution in [2.45, 2.75) is 24.3 Å². The van der Waals surface area contributed by atoms with Crippen LogP contribution in [0.25, 0.3) is 0 Å². The van der Waals surface area contributed by atoms with Gasteiger partial charge in [-0.05, 0) is 61.5 Å². The molecule has 8 nitrogen and oxygen atoms in total. The van der Waals surface area contributed by atoms with E-state index < -0.39 is 22.0 Å². The third kappa shape index (κ3) is 4.38. The van der Waals surface area contributed by atoms with E-state index in [0.29, 0.717) is 29.2 Å². The van der Waals surface area contributed by atoms with E-state index in [9.17, 15) is 17.6 Å². The monoisotopic (exact) mass is 461 g/mol. The normalized spacial score (nSPS) is 17.9. The summed E-state index contributed by atoms with van der Waals surface area (Å²) in [5.74, 6) is 0.498. The van der Waals surface area contributed by atoms with Crippen LogP contribution >= 0.6 is 0 Å². The van der Waals surface area contributed by atoms with Gasteiger partial charge in [0.25, 0.3) is 5.91 Å². The van der Waals surface area contributed by atoms with Gasteiger partial charge in [0.1, 0.15) is 34.0 Å². The molecule has 4 rings (SSSR count). The molecular formula is C22H22FN2O6S+. The molecule has 2 N–H and O–H groups in total. The van der Waals surface area contributed by atoms with Crippen molar-refractivity contribution >= 4 is 15.9 Å². The SMILES string of the molecule is CCONC(=O)C1c2ccoc2CCN1S(=O)(=[OH+])c1ccc(Oc2ccc(F)cc2)cc1. The van der Waals surface area contributed by atoms with Gasteiger partial charge < -0.3 is 9.15 Å². The van der Waals surface area contributed by atoms with Crippen LogP contribution in [0.15, 0.2) is 70.2 Å². The Bertz CT molecular complexity index is 1190. The Labute approximate surface area is 184 Å². The van der Waals surface area contributed by atoms with Crippen molar-refractivity contribution in [1.82, 2.24) is 9.79 Å². The van der Waals surface area contributed by atoms with Crippen LogP contribution in [-0.2, 0) is 26.1 Å². The molecule has 3 aromatic rings. The molecule has 0 bridgehead atoms. The summed E-state index contributed by atoms with van der Waals surface area (Å²) in [4.78, 5) is 17.9. The van der Waals surface area contributed by atoms with E-state index in [1.165, 1.54) is 59.1 Å². The van der Waals surface area contributed by atoms with Gasteiger partial charge in [-0.15, -0.1) is 4.31 Å². The van der Waals surface area contributed by atoms with Crippen LogP contribution in [0.5, 0.6) is 11.5 Å². The molecule has 32 heavy (non-hydrogen) atoms. The highest BCUT2D eigenvalue weighted by Crippen LogP contribution is 2.35. The average molecular weight is 461 g/mol. The van der Waals surface area contributed by atoms with Crippen molar-refractivity contribution in [1.29, 1.82) is 0 Å². The molecule has 1 aliphatic heterocycles. The first-order valence-corrected chi connectivity index (χ1v) is 11.4. The minimum atomic E-state index is -3.78. The third-order valence-corrected chi connectivity index (χ3v) is 6.90. The van der Waals surface area contributed by atoms with Crippen LogP contribution in [0.2, 0.25) is 0 Å². The van der Waals surface area contributed by atoms with Crippen LogP contribution in [0.4, 0.5) is 4.39 Å². The molecule has 0 radical (unpaired) electrons. The van der Waals surface area contributed by atoms with Crippen LogP contribution in [-0.4, -0.2) is 31.8 Å². The first-order valence-electron chi connectivity index (χ1n) is 9.95. The number of rotatable bonds is 7. The smallest absolute Gasteiger partial charge is 0.376 e. The van der Waals surface area contributed by atoms with Crippen LogP contribution in [0.3, 0.4) is 0 Å². The molecule has 2 aromatic carbocycles. The summed E-state index contributed by atoms with van der Waals surface area (Å²) >= 11 is 0. The standard InChI is InChI=1S/C22H21FN2O6S/c1-2-30-24-22(26)21-19-12-14-29-20(19)11-13-25(21)32(27,28)18-9-7-17(8-10-18)31-16-5-3-15(23)4-6-16/h3-10,12,14,21H,2,11,13H2,1H3,(H,24,26)/p+1. The Hall–Kier alpha value is -3.21. The Morgan fingerprint density at radius 3 is 2.50 bits per heavy atom. The second-order valence-corrected chi connectivity index (χ2v) is 8.95. The van der Waals surface area contributed by atoms with Gasteiger partial charge in [0, 0.05) is 18.5 Å². The molecule has 10 heteroatoms. The highest BCUT2D eigenvalue weighted by molar-refractivity contribution is 7.89. The number of nitrogens with one attached hydrogen (secondary N) is 1. The maximum Gasteiger partial charge on any atom is 0.376 e. The Morgan fingerprint density at radius 2 is 1.84 bits per heavy atom. The first kappa shape index (κ1) is 22.0. The molecule has 2 unspecified atom stereocenters. The van der Waals surface area contributed by atoms with Crippen molar-refractivity contribution in [3.8, 4) is 11.5 Å². The number of nitrogens with zero attached hydrogens (tertiary/aromatic N) is 1. The molecule has 0 aliphatic carbocycles. The molecule has 0 fully saturated rings. The molecule has 1 amide bonds. The number of amides is 1. The number of halogens is 1. The van der Waals surface area contributed by atoms with E-state index >= 15 is 0 Å². The fourth-order valence-electron chi connectivity index (χ4n) is 3.49. The van der Waals surface area contributed by atoms with Gasteiger partial charge in [-0.25, -0.2) is 14.1 Å². The number of hydroxylamine groups is 1. The van der Waals surface area contributed by atoms with Gasteiger partial charge in [0.05, 0.1) is 12.9 Å². The van der Waals surface area contributed by atoms with E-state index in [1.54, 1.807) is 13.0 Å². The lowest BCUT2D eigenvalue weighted by atomic mass is 10.0. The first-order chi connectivity index (χ1) is 15.4.